The van der Waals surface area contributed by atoms with Gasteiger partial charge in [0.25, 0.3) is 11.1 Å². The second kappa shape index (κ2) is 21.0. The summed E-state index contributed by atoms with van der Waals surface area (Å²) in [5.41, 5.74) is -3.42. The molecule has 2 fully saturated rings. The second-order valence-corrected chi connectivity index (χ2v) is 17.0. The van der Waals surface area contributed by atoms with E-state index in [0.717, 1.165) is 56.1 Å². The quantitative estimate of drug-likeness (QED) is 0.0545. The SMILES string of the molecule is CCCCCCCC1(CCCCCCC/C=C(\C(=O)N2C(=S)OC(c3ccccc3)(c3ccccc3)[C@@H]2C(C)C)[C@@](O)(CCF)C(=O)OC(C)(C)C)OCCO1. The third-order valence-electron chi connectivity index (χ3n) is 10.8. The van der Waals surface area contributed by atoms with Gasteiger partial charge in [-0.05, 0) is 64.6 Å². The van der Waals surface area contributed by atoms with E-state index in [1.54, 1.807) is 26.8 Å². The lowest BCUT2D eigenvalue weighted by atomic mass is 9.75. The van der Waals surface area contributed by atoms with Gasteiger partial charge >= 0.3 is 5.97 Å². The van der Waals surface area contributed by atoms with E-state index >= 15 is 4.79 Å². The van der Waals surface area contributed by atoms with Crippen molar-refractivity contribution in [3.8, 4) is 0 Å². The predicted molar refractivity (Wildman–Crippen MR) is 223 cm³/mol. The second-order valence-electron chi connectivity index (χ2n) is 16.7. The number of amides is 1. The number of hydrogen-bond acceptors (Lipinski definition) is 8. The molecule has 0 radical (unpaired) electrons. The van der Waals surface area contributed by atoms with Crippen LogP contribution in [-0.2, 0) is 34.1 Å². The fraction of sp³-hybridized carbons (Fsp3) is 0.630. The average Bonchev–Trinajstić information content (AvgIpc) is 3.77. The molecule has 2 atom stereocenters. The number of unbranched alkanes of at least 4 members (excludes halogenated alkanes) is 9. The first-order valence-corrected chi connectivity index (χ1v) is 21.3. The molecule has 0 aromatic heterocycles. The first-order chi connectivity index (χ1) is 26.7. The largest absolute Gasteiger partial charge is 0.458 e. The Morgan fingerprint density at radius 2 is 1.41 bits per heavy atom. The lowest BCUT2D eigenvalue weighted by molar-refractivity contribution is -0.175. The van der Waals surface area contributed by atoms with E-state index in [9.17, 15) is 14.3 Å². The van der Waals surface area contributed by atoms with Crippen LogP contribution < -0.4 is 0 Å². The van der Waals surface area contributed by atoms with E-state index < -0.39 is 53.6 Å². The van der Waals surface area contributed by atoms with E-state index in [-0.39, 0.29) is 16.7 Å². The summed E-state index contributed by atoms with van der Waals surface area (Å²) in [6.07, 6.45) is 13.6. The number of halogens is 1. The van der Waals surface area contributed by atoms with Gasteiger partial charge in [0.05, 0.1) is 31.5 Å². The third kappa shape index (κ3) is 11.3. The normalized spacial score (nSPS) is 19.2. The fourth-order valence-electron chi connectivity index (χ4n) is 8.15. The molecule has 10 heteroatoms. The maximum Gasteiger partial charge on any atom is 0.343 e. The Hall–Kier alpha value is -3.18. The van der Waals surface area contributed by atoms with Crippen molar-refractivity contribution < 1.29 is 38.0 Å². The molecule has 1 amide bonds. The molecule has 1 N–H and O–H groups in total. The van der Waals surface area contributed by atoms with Gasteiger partial charge < -0.3 is 24.1 Å². The van der Waals surface area contributed by atoms with Crippen molar-refractivity contribution in [1.29, 1.82) is 0 Å². The highest BCUT2D eigenvalue weighted by atomic mass is 32.1. The van der Waals surface area contributed by atoms with Gasteiger partial charge in [-0.15, -0.1) is 0 Å². The smallest absolute Gasteiger partial charge is 0.343 e. The summed E-state index contributed by atoms with van der Waals surface area (Å²) in [7, 11) is 0. The Kier molecular flexibility index (Phi) is 17.1. The molecule has 2 aromatic rings. The van der Waals surface area contributed by atoms with Crippen LogP contribution in [0.2, 0.25) is 0 Å². The molecule has 0 saturated carbocycles. The van der Waals surface area contributed by atoms with Crippen molar-refractivity contribution in [1.82, 2.24) is 4.90 Å². The Bertz CT molecular complexity index is 1530. The summed E-state index contributed by atoms with van der Waals surface area (Å²) in [6.45, 7) is 11.4. The molecule has 4 rings (SSSR count). The number of hydrogen-bond donors (Lipinski definition) is 1. The maximum atomic E-state index is 15.1. The summed E-state index contributed by atoms with van der Waals surface area (Å²) in [5, 5.41) is 12.1. The number of benzene rings is 2. The molecule has 2 aliphatic rings. The third-order valence-corrected chi connectivity index (χ3v) is 11.1. The Balaban J connectivity index is 1.57. The molecule has 0 spiro atoms. The molecular formula is C46H66FNO7S. The minimum absolute atomic E-state index is 0.0898. The Morgan fingerprint density at radius 1 is 0.893 bits per heavy atom. The number of esters is 1. The number of nitrogens with zero attached hydrogens (tertiary/aromatic N) is 1. The van der Waals surface area contributed by atoms with Gasteiger partial charge in [0.2, 0.25) is 0 Å². The topological polar surface area (TPSA) is 94.5 Å². The number of rotatable bonds is 22. The zero-order valence-corrected chi connectivity index (χ0v) is 35.5. The van der Waals surface area contributed by atoms with E-state index in [1.807, 2.05) is 74.5 Å². The number of ether oxygens (including phenoxy) is 4. The number of alkyl halides is 1. The molecule has 2 aliphatic heterocycles. The van der Waals surface area contributed by atoms with Gasteiger partial charge in [-0.1, -0.05) is 132 Å². The lowest BCUT2D eigenvalue weighted by Gasteiger charge is -2.39. The summed E-state index contributed by atoms with van der Waals surface area (Å²) < 4.78 is 38.9. The van der Waals surface area contributed by atoms with Crippen molar-refractivity contribution in [2.24, 2.45) is 5.92 Å². The number of allylic oxidation sites excluding steroid dienone is 1. The van der Waals surface area contributed by atoms with Gasteiger partial charge in [0, 0.05) is 30.4 Å². The predicted octanol–water partition coefficient (Wildman–Crippen LogP) is 10.3. The van der Waals surface area contributed by atoms with E-state index in [2.05, 4.69) is 6.92 Å². The van der Waals surface area contributed by atoms with Gasteiger partial charge in [-0.3, -0.25) is 14.1 Å². The highest BCUT2D eigenvalue weighted by molar-refractivity contribution is 7.80. The van der Waals surface area contributed by atoms with Crippen LogP contribution in [0.1, 0.15) is 143 Å². The number of carbonyl (C=O) groups is 2. The standard InChI is InChI=1S/C46H66FNO7S/c1-7-8-9-13-22-29-44(52-33-34-53-44)30-23-14-11-10-12-21-28-38(45(51,31-32-47)41(50)54-43(4,5)6)40(49)48-39(35(2)3)46(55-42(48)56,36-24-17-15-18-25-36)37-26-19-16-20-27-37/h15-20,24-28,35,39,51H,7-14,21-23,29-34H2,1-6H3/b38-28+/t39-,45-/m0/s1. The summed E-state index contributed by atoms with van der Waals surface area (Å²) in [6, 6.07) is 18.5. The van der Waals surface area contributed by atoms with Crippen LogP contribution in [-0.4, -0.2) is 70.0 Å². The molecular weight excluding hydrogens is 730 g/mol. The number of aliphatic hydroxyl groups is 1. The van der Waals surface area contributed by atoms with E-state index in [4.69, 9.17) is 31.2 Å². The molecule has 310 valence electrons. The van der Waals surface area contributed by atoms with Gasteiger partial charge in [0.1, 0.15) is 5.60 Å². The highest BCUT2D eigenvalue weighted by Gasteiger charge is 2.59. The van der Waals surface area contributed by atoms with Crippen molar-refractivity contribution in [3.05, 3.63) is 83.4 Å². The minimum Gasteiger partial charge on any atom is -0.458 e. The minimum atomic E-state index is -2.56. The Labute approximate surface area is 340 Å². The van der Waals surface area contributed by atoms with Crippen LogP contribution >= 0.6 is 12.2 Å². The van der Waals surface area contributed by atoms with Crippen LogP contribution in [0.5, 0.6) is 0 Å². The first-order valence-electron chi connectivity index (χ1n) is 20.9. The summed E-state index contributed by atoms with van der Waals surface area (Å²) in [5.74, 6) is -2.46. The van der Waals surface area contributed by atoms with Gasteiger partial charge in [-0.2, -0.15) is 0 Å². The molecule has 8 nitrogen and oxygen atoms in total. The van der Waals surface area contributed by atoms with Crippen LogP contribution in [0.4, 0.5) is 4.39 Å². The van der Waals surface area contributed by atoms with E-state index in [1.165, 1.54) is 30.6 Å². The molecule has 0 aliphatic carbocycles. The van der Waals surface area contributed by atoms with Crippen LogP contribution in [0.15, 0.2) is 72.3 Å². The molecule has 56 heavy (non-hydrogen) atoms. The number of carbonyl (C=O) groups excluding carboxylic acids is 2. The summed E-state index contributed by atoms with van der Waals surface area (Å²) in [4.78, 5) is 30.3. The monoisotopic (exact) mass is 795 g/mol. The van der Waals surface area contributed by atoms with Gasteiger partial charge in [0.15, 0.2) is 17.0 Å². The van der Waals surface area contributed by atoms with Crippen LogP contribution in [0.25, 0.3) is 0 Å². The zero-order valence-electron chi connectivity index (χ0n) is 34.7. The first kappa shape index (κ1) is 45.5. The van der Waals surface area contributed by atoms with Crippen LogP contribution in [0, 0.1) is 5.92 Å². The maximum absolute atomic E-state index is 15.1. The van der Waals surface area contributed by atoms with Crippen molar-refractivity contribution in [2.75, 3.05) is 19.9 Å². The van der Waals surface area contributed by atoms with Gasteiger partial charge in [-0.25, -0.2) is 4.79 Å². The fourth-order valence-corrected chi connectivity index (χ4v) is 8.48. The van der Waals surface area contributed by atoms with E-state index in [0.29, 0.717) is 26.1 Å². The zero-order chi connectivity index (χ0) is 40.8. The average molecular weight is 796 g/mol. The molecule has 0 unspecified atom stereocenters. The molecule has 0 bridgehead atoms. The molecule has 2 aromatic carbocycles. The lowest BCUT2D eigenvalue weighted by Crippen LogP contribution is -2.54. The Morgan fingerprint density at radius 3 is 1.91 bits per heavy atom. The van der Waals surface area contributed by atoms with Crippen molar-refractivity contribution in [2.45, 2.75) is 160 Å². The molecule has 2 heterocycles. The number of thiocarbonyl (C=S) groups is 1. The highest BCUT2D eigenvalue weighted by Crippen LogP contribution is 2.48. The van der Waals surface area contributed by atoms with Crippen LogP contribution in [0.3, 0.4) is 0 Å². The van der Waals surface area contributed by atoms with Crippen molar-refractivity contribution >= 4 is 29.3 Å². The van der Waals surface area contributed by atoms with Crippen molar-refractivity contribution in [3.63, 3.8) is 0 Å². The molecule has 2 saturated heterocycles. The summed E-state index contributed by atoms with van der Waals surface area (Å²) >= 11 is 5.87.